The molecular weight excluding hydrogens is 340 g/mol. The van der Waals surface area contributed by atoms with Crippen LogP contribution in [0.5, 0.6) is 11.5 Å². The van der Waals surface area contributed by atoms with E-state index in [0.717, 1.165) is 5.56 Å². The Bertz CT molecular complexity index is 545. The van der Waals surface area contributed by atoms with Crippen molar-refractivity contribution in [3.05, 3.63) is 23.8 Å². The summed E-state index contributed by atoms with van der Waals surface area (Å²) in [6.45, 7) is 0. The molecular formula is C15H18O6S2. The minimum atomic E-state index is -0.611. The number of thioether (sulfide) groups is 2. The summed E-state index contributed by atoms with van der Waals surface area (Å²) in [5.74, 6) is 0.430. The maximum atomic E-state index is 12.0. The fourth-order valence-electron chi connectivity index (χ4n) is 2.15. The number of carbonyl (C=O) groups is 2. The van der Waals surface area contributed by atoms with Gasteiger partial charge >= 0.3 is 11.9 Å². The van der Waals surface area contributed by atoms with Crippen molar-refractivity contribution in [2.45, 2.75) is 15.1 Å². The van der Waals surface area contributed by atoms with Gasteiger partial charge in [0, 0.05) is 6.07 Å². The van der Waals surface area contributed by atoms with Crippen LogP contribution in [-0.2, 0) is 19.1 Å². The molecule has 0 bridgehead atoms. The summed E-state index contributed by atoms with van der Waals surface area (Å²) in [4.78, 5) is 23.9. The molecule has 2 rings (SSSR count). The smallest absolute Gasteiger partial charge is 0.320 e. The highest BCUT2D eigenvalue weighted by molar-refractivity contribution is 8.21. The minimum Gasteiger partial charge on any atom is -0.497 e. The average molecular weight is 358 g/mol. The largest absolute Gasteiger partial charge is 0.497 e. The Morgan fingerprint density at radius 3 is 1.61 bits per heavy atom. The first kappa shape index (κ1) is 17.8. The van der Waals surface area contributed by atoms with E-state index in [1.807, 2.05) is 12.1 Å². The van der Waals surface area contributed by atoms with Crippen LogP contribution in [0, 0.1) is 0 Å². The molecule has 6 nitrogen and oxygen atoms in total. The molecule has 1 heterocycles. The van der Waals surface area contributed by atoms with Gasteiger partial charge in [-0.25, -0.2) is 0 Å². The van der Waals surface area contributed by atoms with Gasteiger partial charge in [0.15, 0.2) is 0 Å². The van der Waals surface area contributed by atoms with Crippen molar-refractivity contribution in [2.75, 3.05) is 28.4 Å². The molecule has 2 unspecified atom stereocenters. The molecule has 0 aliphatic carbocycles. The lowest BCUT2D eigenvalue weighted by Gasteiger charge is -2.13. The summed E-state index contributed by atoms with van der Waals surface area (Å²) < 4.78 is 20.0. The Kier molecular flexibility index (Phi) is 6.06. The van der Waals surface area contributed by atoms with Gasteiger partial charge in [-0.05, 0) is 17.7 Å². The van der Waals surface area contributed by atoms with Gasteiger partial charge in [0.2, 0.25) is 0 Å². The quantitative estimate of drug-likeness (QED) is 0.743. The fraction of sp³-hybridized carbons (Fsp3) is 0.467. The minimum absolute atomic E-state index is 0.132. The van der Waals surface area contributed by atoms with E-state index in [-0.39, 0.29) is 4.58 Å². The number of esters is 2. The number of methoxy groups -OCH3 is 4. The van der Waals surface area contributed by atoms with E-state index >= 15 is 0 Å². The average Bonchev–Trinajstić information content (AvgIpc) is 3.05. The molecule has 1 fully saturated rings. The van der Waals surface area contributed by atoms with Crippen molar-refractivity contribution in [3.63, 3.8) is 0 Å². The summed E-state index contributed by atoms with van der Waals surface area (Å²) in [5.41, 5.74) is 0.900. The second-order valence-corrected chi connectivity index (χ2v) is 7.44. The first-order chi connectivity index (χ1) is 11.0. The zero-order valence-electron chi connectivity index (χ0n) is 13.2. The van der Waals surface area contributed by atoms with E-state index in [4.69, 9.17) is 18.9 Å². The lowest BCUT2D eigenvalue weighted by Crippen LogP contribution is -2.33. The molecule has 8 heteroatoms. The highest BCUT2D eigenvalue weighted by atomic mass is 32.2. The maximum Gasteiger partial charge on any atom is 0.320 e. The van der Waals surface area contributed by atoms with E-state index in [1.165, 1.54) is 37.7 Å². The summed E-state index contributed by atoms with van der Waals surface area (Å²) in [6, 6.07) is 5.49. The highest BCUT2D eigenvalue weighted by Gasteiger charge is 2.46. The summed E-state index contributed by atoms with van der Waals surface area (Å²) in [6.07, 6.45) is 0. The number of rotatable bonds is 5. The Morgan fingerprint density at radius 1 is 0.826 bits per heavy atom. The van der Waals surface area contributed by atoms with Crippen molar-refractivity contribution >= 4 is 35.5 Å². The number of carbonyl (C=O) groups excluding carboxylic acids is 2. The van der Waals surface area contributed by atoms with E-state index in [9.17, 15) is 9.59 Å². The number of hydrogen-bond donors (Lipinski definition) is 0. The van der Waals surface area contributed by atoms with Crippen molar-refractivity contribution in [1.29, 1.82) is 0 Å². The van der Waals surface area contributed by atoms with Gasteiger partial charge in [0.05, 0.1) is 33.0 Å². The monoisotopic (exact) mass is 358 g/mol. The standard InChI is InChI=1S/C15H18O6S2/c1-18-9-5-8(6-10(7-9)19-2)15-22-11(13(16)20-3)12(23-15)14(17)21-4/h5-7,11-12,15H,1-4H3. The van der Waals surface area contributed by atoms with Crippen LogP contribution in [0.2, 0.25) is 0 Å². The predicted octanol–water partition coefficient (Wildman–Crippen LogP) is 2.27. The third-order valence-electron chi connectivity index (χ3n) is 3.33. The van der Waals surface area contributed by atoms with Crippen LogP contribution in [0.15, 0.2) is 18.2 Å². The van der Waals surface area contributed by atoms with Crippen LogP contribution >= 0.6 is 23.5 Å². The summed E-state index contributed by atoms with van der Waals surface area (Å²) in [5, 5.41) is -1.22. The topological polar surface area (TPSA) is 71.1 Å². The fourth-order valence-corrected chi connectivity index (χ4v) is 5.56. The van der Waals surface area contributed by atoms with E-state index in [1.54, 1.807) is 20.3 Å². The molecule has 0 spiro atoms. The zero-order chi connectivity index (χ0) is 17.0. The van der Waals surface area contributed by atoms with Gasteiger partial charge in [-0.15, -0.1) is 23.5 Å². The Morgan fingerprint density at radius 2 is 1.26 bits per heavy atom. The molecule has 0 N–H and O–H groups in total. The van der Waals surface area contributed by atoms with Gasteiger partial charge in [0.25, 0.3) is 0 Å². The summed E-state index contributed by atoms with van der Waals surface area (Å²) in [7, 11) is 5.76. The normalized spacial score (nSPS) is 23.2. The van der Waals surface area contributed by atoms with Crippen LogP contribution in [0.25, 0.3) is 0 Å². The Hall–Kier alpha value is -1.54. The molecule has 0 aromatic heterocycles. The second-order valence-electron chi connectivity index (χ2n) is 4.64. The van der Waals surface area contributed by atoms with Crippen molar-refractivity contribution < 1.29 is 28.5 Å². The van der Waals surface area contributed by atoms with Gasteiger partial charge in [-0.3, -0.25) is 9.59 Å². The SMILES string of the molecule is COC(=O)C1SC(c2cc(OC)cc(OC)c2)SC1C(=O)OC. The second kappa shape index (κ2) is 7.83. The first-order valence-corrected chi connectivity index (χ1v) is 8.62. The van der Waals surface area contributed by atoms with Gasteiger partial charge in [-0.1, -0.05) is 0 Å². The molecule has 2 atom stereocenters. The van der Waals surface area contributed by atoms with Crippen molar-refractivity contribution in [1.82, 2.24) is 0 Å². The Labute approximate surface area is 143 Å². The number of hydrogen-bond acceptors (Lipinski definition) is 8. The molecule has 1 saturated heterocycles. The molecule has 1 aromatic carbocycles. The van der Waals surface area contributed by atoms with E-state index < -0.39 is 22.4 Å². The molecule has 1 aromatic rings. The van der Waals surface area contributed by atoms with Crippen LogP contribution < -0.4 is 9.47 Å². The molecule has 0 radical (unpaired) electrons. The summed E-state index contributed by atoms with van der Waals surface area (Å²) >= 11 is 2.73. The number of benzene rings is 1. The molecule has 0 saturated carbocycles. The molecule has 126 valence electrons. The van der Waals surface area contributed by atoms with Gasteiger partial charge in [-0.2, -0.15) is 0 Å². The third kappa shape index (κ3) is 3.87. The zero-order valence-corrected chi connectivity index (χ0v) is 14.9. The van der Waals surface area contributed by atoms with E-state index in [2.05, 4.69) is 0 Å². The highest BCUT2D eigenvalue weighted by Crippen LogP contribution is 2.54. The lowest BCUT2D eigenvalue weighted by molar-refractivity contribution is -0.145. The number of ether oxygens (including phenoxy) is 4. The van der Waals surface area contributed by atoms with Crippen LogP contribution in [-0.4, -0.2) is 50.9 Å². The molecule has 1 aliphatic rings. The van der Waals surface area contributed by atoms with Crippen molar-refractivity contribution in [3.8, 4) is 11.5 Å². The van der Waals surface area contributed by atoms with Crippen molar-refractivity contribution in [2.24, 2.45) is 0 Å². The molecule has 23 heavy (non-hydrogen) atoms. The predicted molar refractivity (Wildman–Crippen MR) is 89.1 cm³/mol. The van der Waals surface area contributed by atoms with Gasteiger partial charge < -0.3 is 18.9 Å². The molecule has 0 amide bonds. The molecule has 1 aliphatic heterocycles. The third-order valence-corrected chi connectivity index (χ3v) is 6.72. The van der Waals surface area contributed by atoms with E-state index in [0.29, 0.717) is 11.5 Å². The van der Waals surface area contributed by atoms with Crippen LogP contribution in [0.3, 0.4) is 0 Å². The van der Waals surface area contributed by atoms with Crippen LogP contribution in [0.4, 0.5) is 0 Å². The lowest BCUT2D eigenvalue weighted by atomic mass is 10.2. The Balaban J connectivity index is 2.30. The van der Waals surface area contributed by atoms with Gasteiger partial charge in [0.1, 0.15) is 22.0 Å². The first-order valence-electron chi connectivity index (χ1n) is 6.73. The maximum absolute atomic E-state index is 12.0. The van der Waals surface area contributed by atoms with Crippen LogP contribution in [0.1, 0.15) is 10.1 Å².